The molecule has 21 heavy (non-hydrogen) atoms. The number of benzene rings is 1. The summed E-state index contributed by atoms with van der Waals surface area (Å²) < 4.78 is 0. The highest BCUT2D eigenvalue weighted by Crippen LogP contribution is 2.48. The van der Waals surface area contributed by atoms with E-state index in [4.69, 9.17) is 23.2 Å². The minimum absolute atomic E-state index is 0.189. The molecule has 2 aliphatic carbocycles. The van der Waals surface area contributed by atoms with Crippen LogP contribution in [0, 0.1) is 11.8 Å². The molecule has 5 heteroatoms. The highest BCUT2D eigenvalue weighted by atomic mass is 35.5. The Bertz CT molecular complexity index is 604. The lowest BCUT2D eigenvalue weighted by Gasteiger charge is -2.43. The molecule has 0 saturated heterocycles. The topological polar surface area (TPSA) is 46.2 Å². The van der Waals surface area contributed by atoms with Crippen molar-refractivity contribution in [3.05, 3.63) is 33.8 Å². The fraction of sp³-hybridized carbons (Fsp3) is 0.500. The van der Waals surface area contributed by atoms with Crippen molar-refractivity contribution in [1.82, 2.24) is 5.32 Å². The van der Waals surface area contributed by atoms with Gasteiger partial charge in [-0.2, -0.15) is 0 Å². The van der Waals surface area contributed by atoms with Gasteiger partial charge in [0.15, 0.2) is 0 Å². The number of amides is 1. The zero-order valence-corrected chi connectivity index (χ0v) is 13.3. The Morgan fingerprint density at radius 3 is 2.43 bits per heavy atom. The van der Waals surface area contributed by atoms with Gasteiger partial charge in [-0.05, 0) is 49.8 Å². The molecule has 0 aliphatic heterocycles. The van der Waals surface area contributed by atoms with Gasteiger partial charge in [-0.3, -0.25) is 9.59 Å². The van der Waals surface area contributed by atoms with Gasteiger partial charge in [0.05, 0.1) is 10.6 Å². The monoisotopic (exact) mass is 325 g/mol. The van der Waals surface area contributed by atoms with Crippen LogP contribution in [0.2, 0.25) is 10.0 Å². The van der Waals surface area contributed by atoms with Gasteiger partial charge < -0.3 is 5.32 Å². The highest BCUT2D eigenvalue weighted by Gasteiger charge is 2.51. The molecular weight excluding hydrogens is 309 g/mol. The van der Waals surface area contributed by atoms with Crippen molar-refractivity contribution in [2.75, 3.05) is 0 Å². The number of halogens is 2. The first-order chi connectivity index (χ1) is 9.90. The molecule has 1 aromatic rings. The summed E-state index contributed by atoms with van der Waals surface area (Å²) in [5.74, 6) is 0.800. The van der Waals surface area contributed by atoms with Crippen molar-refractivity contribution < 1.29 is 9.59 Å². The number of nitrogens with one attached hydrogen (secondary N) is 1. The van der Waals surface area contributed by atoms with Crippen molar-refractivity contribution in [2.45, 2.75) is 38.1 Å². The third kappa shape index (κ3) is 2.82. The van der Waals surface area contributed by atoms with Crippen molar-refractivity contribution in [1.29, 1.82) is 0 Å². The summed E-state index contributed by atoms with van der Waals surface area (Å²) in [4.78, 5) is 23.8. The molecule has 0 spiro atoms. The molecule has 2 fully saturated rings. The first-order valence-electron chi connectivity index (χ1n) is 7.19. The second kappa shape index (κ2) is 5.29. The van der Waals surface area contributed by atoms with Gasteiger partial charge in [0.2, 0.25) is 0 Å². The Balaban J connectivity index is 1.79. The summed E-state index contributed by atoms with van der Waals surface area (Å²) in [7, 11) is 0. The van der Waals surface area contributed by atoms with Gasteiger partial charge >= 0.3 is 0 Å². The lowest BCUT2D eigenvalue weighted by Crippen LogP contribution is -2.57. The molecule has 3 rings (SSSR count). The lowest BCUT2D eigenvalue weighted by molar-refractivity contribution is -0.129. The van der Waals surface area contributed by atoms with E-state index in [2.05, 4.69) is 12.2 Å². The predicted molar refractivity (Wildman–Crippen MR) is 82.8 cm³/mol. The minimum atomic E-state index is -0.312. The molecule has 1 amide bonds. The van der Waals surface area contributed by atoms with Crippen LogP contribution in [-0.2, 0) is 4.79 Å². The second-order valence-corrected chi connectivity index (χ2v) is 7.12. The van der Waals surface area contributed by atoms with Crippen molar-refractivity contribution in [3.8, 4) is 0 Å². The van der Waals surface area contributed by atoms with E-state index >= 15 is 0 Å². The standard InChI is InChI=1S/C16H17Cl2NO2/c1-16(9-2-3-9,10-6-12(20)7-10)19-15(21)13-5-4-11(17)8-14(13)18/h4-5,8-10H,2-3,6-7H2,1H3,(H,19,21). The number of carbonyl (C=O) groups is 2. The SMILES string of the molecule is CC(NC(=O)c1ccc(Cl)cc1Cl)(C1CC1)C1CC(=O)C1. The smallest absolute Gasteiger partial charge is 0.253 e. The zero-order chi connectivity index (χ0) is 15.2. The van der Waals surface area contributed by atoms with Crippen LogP contribution >= 0.6 is 23.2 Å². The largest absolute Gasteiger partial charge is 0.346 e. The van der Waals surface area contributed by atoms with Gasteiger partial charge in [0, 0.05) is 23.4 Å². The van der Waals surface area contributed by atoms with E-state index in [0.717, 1.165) is 12.8 Å². The predicted octanol–water partition coefficient (Wildman–Crippen LogP) is 3.87. The van der Waals surface area contributed by atoms with Gasteiger partial charge in [-0.15, -0.1) is 0 Å². The molecule has 1 aromatic carbocycles. The third-order valence-electron chi connectivity index (χ3n) is 4.78. The van der Waals surface area contributed by atoms with E-state index < -0.39 is 0 Å². The molecular formula is C16H17Cl2NO2. The van der Waals surface area contributed by atoms with Crippen LogP contribution in [0.4, 0.5) is 0 Å². The molecule has 1 unspecified atom stereocenters. The maximum Gasteiger partial charge on any atom is 0.253 e. The molecule has 3 nitrogen and oxygen atoms in total. The van der Waals surface area contributed by atoms with Gasteiger partial charge in [-0.25, -0.2) is 0 Å². The highest BCUT2D eigenvalue weighted by molar-refractivity contribution is 6.36. The quantitative estimate of drug-likeness (QED) is 0.913. The normalized spacial score (nSPS) is 21.6. The van der Waals surface area contributed by atoms with Crippen LogP contribution in [0.5, 0.6) is 0 Å². The maximum atomic E-state index is 12.5. The molecule has 0 radical (unpaired) electrons. The van der Waals surface area contributed by atoms with Crippen LogP contribution in [0.25, 0.3) is 0 Å². The number of ketones is 1. The van der Waals surface area contributed by atoms with E-state index in [1.54, 1.807) is 18.2 Å². The van der Waals surface area contributed by atoms with Gasteiger partial charge in [0.1, 0.15) is 5.78 Å². The summed E-state index contributed by atoms with van der Waals surface area (Å²) in [6, 6.07) is 4.86. The van der Waals surface area contributed by atoms with Gasteiger partial charge in [0.25, 0.3) is 5.91 Å². The van der Waals surface area contributed by atoms with Crippen molar-refractivity contribution in [3.63, 3.8) is 0 Å². The average molecular weight is 326 g/mol. The Labute approximate surface area is 134 Å². The lowest BCUT2D eigenvalue weighted by atomic mass is 9.68. The number of hydrogen-bond donors (Lipinski definition) is 1. The second-order valence-electron chi connectivity index (χ2n) is 6.28. The molecule has 112 valence electrons. The maximum absolute atomic E-state index is 12.5. The summed E-state index contributed by atoms with van der Waals surface area (Å²) in [6.07, 6.45) is 3.36. The molecule has 2 aliphatic rings. The first-order valence-corrected chi connectivity index (χ1v) is 7.95. The Morgan fingerprint density at radius 2 is 1.90 bits per heavy atom. The summed E-state index contributed by atoms with van der Waals surface area (Å²) >= 11 is 12.0. The van der Waals surface area contributed by atoms with Crippen LogP contribution < -0.4 is 5.32 Å². The fourth-order valence-electron chi connectivity index (χ4n) is 3.12. The molecule has 0 bridgehead atoms. The molecule has 0 aromatic heterocycles. The molecule has 2 saturated carbocycles. The minimum Gasteiger partial charge on any atom is -0.346 e. The number of rotatable bonds is 4. The fourth-order valence-corrected chi connectivity index (χ4v) is 3.61. The van der Waals surface area contributed by atoms with Crippen LogP contribution in [0.3, 0.4) is 0 Å². The van der Waals surface area contributed by atoms with E-state index in [0.29, 0.717) is 34.4 Å². The Hall–Kier alpha value is -1.06. The van der Waals surface area contributed by atoms with Gasteiger partial charge in [-0.1, -0.05) is 23.2 Å². The first kappa shape index (κ1) is 14.9. The van der Waals surface area contributed by atoms with E-state index in [9.17, 15) is 9.59 Å². The summed E-state index contributed by atoms with van der Waals surface area (Å²) in [6.45, 7) is 2.06. The number of carbonyl (C=O) groups excluding carboxylic acids is 2. The number of hydrogen-bond acceptors (Lipinski definition) is 2. The van der Waals surface area contributed by atoms with E-state index in [1.807, 2.05) is 0 Å². The zero-order valence-electron chi connectivity index (χ0n) is 11.8. The Kier molecular flexibility index (Phi) is 3.74. The van der Waals surface area contributed by atoms with Crippen molar-refractivity contribution in [2.24, 2.45) is 11.8 Å². The van der Waals surface area contributed by atoms with Crippen molar-refractivity contribution >= 4 is 34.9 Å². The van der Waals surface area contributed by atoms with Crippen LogP contribution in [0.1, 0.15) is 43.0 Å². The molecule has 0 heterocycles. The van der Waals surface area contributed by atoms with Crippen LogP contribution in [0.15, 0.2) is 18.2 Å². The van der Waals surface area contributed by atoms with E-state index in [1.165, 1.54) is 0 Å². The summed E-state index contributed by atoms with van der Waals surface area (Å²) in [5, 5.41) is 3.99. The average Bonchev–Trinajstić information content (AvgIpc) is 3.19. The molecule has 1 atom stereocenters. The Morgan fingerprint density at radius 1 is 1.24 bits per heavy atom. The molecule has 1 N–H and O–H groups in total. The summed E-state index contributed by atoms with van der Waals surface area (Å²) in [5.41, 5.74) is 0.118. The van der Waals surface area contributed by atoms with E-state index in [-0.39, 0.29) is 23.1 Å². The van der Waals surface area contributed by atoms with Crippen LogP contribution in [-0.4, -0.2) is 17.2 Å². The third-order valence-corrected chi connectivity index (χ3v) is 5.33. The number of Topliss-reactive ketones (excluding diaryl/α,β-unsaturated/α-hetero) is 1.